The molecule has 1 fully saturated rings. The summed E-state index contributed by atoms with van der Waals surface area (Å²) in [5.74, 6) is 0.107. The van der Waals surface area contributed by atoms with Gasteiger partial charge in [-0.2, -0.15) is 4.31 Å². The molecule has 2 aromatic rings. The molecule has 1 aliphatic rings. The molecular weight excluding hydrogens is 358 g/mol. The summed E-state index contributed by atoms with van der Waals surface area (Å²) in [5, 5.41) is 13.9. The van der Waals surface area contributed by atoms with Crippen molar-refractivity contribution >= 4 is 27.2 Å². The molecule has 138 valence electrons. The highest BCUT2D eigenvalue weighted by molar-refractivity contribution is 7.89. The predicted molar refractivity (Wildman–Crippen MR) is 96.0 cm³/mol. The third-order valence-electron chi connectivity index (χ3n) is 4.31. The van der Waals surface area contributed by atoms with Gasteiger partial charge in [0.05, 0.1) is 43.0 Å². The summed E-state index contributed by atoms with van der Waals surface area (Å²) in [6.07, 6.45) is 1.45. The highest BCUT2D eigenvalue weighted by atomic mass is 32.2. The van der Waals surface area contributed by atoms with Crippen LogP contribution in [0.4, 0.5) is 17.2 Å². The van der Waals surface area contributed by atoms with E-state index in [2.05, 4.69) is 10.3 Å². The highest BCUT2D eigenvalue weighted by Crippen LogP contribution is 2.25. The molecule has 0 spiro atoms. The Kier molecular flexibility index (Phi) is 5.16. The summed E-state index contributed by atoms with van der Waals surface area (Å²) in [5.41, 5.74) is 0.373. The average Bonchev–Trinajstić information content (AvgIpc) is 2.63. The van der Waals surface area contributed by atoms with Gasteiger partial charge >= 0.3 is 5.69 Å². The fourth-order valence-corrected chi connectivity index (χ4v) is 4.19. The first-order valence-corrected chi connectivity index (χ1v) is 9.60. The number of quaternary nitrogens is 1. The van der Waals surface area contributed by atoms with Crippen LogP contribution in [-0.2, 0) is 10.0 Å². The number of anilines is 2. The number of likely N-dealkylation sites (N-methyl/N-ethyl adjacent to an activating group) is 1. The summed E-state index contributed by atoms with van der Waals surface area (Å²) in [7, 11) is -1.49. The summed E-state index contributed by atoms with van der Waals surface area (Å²) in [4.78, 5) is 16.0. The molecule has 0 amide bonds. The van der Waals surface area contributed by atoms with Gasteiger partial charge in [-0.1, -0.05) is 0 Å². The minimum Gasteiger partial charge on any atom is -0.335 e. The van der Waals surface area contributed by atoms with Gasteiger partial charge in [-0.05, 0) is 30.3 Å². The molecular formula is C16H20N5O4S+. The summed E-state index contributed by atoms with van der Waals surface area (Å²) >= 11 is 0. The van der Waals surface area contributed by atoms with Crippen molar-refractivity contribution in [1.29, 1.82) is 0 Å². The van der Waals surface area contributed by atoms with Gasteiger partial charge in [-0.25, -0.2) is 13.4 Å². The molecule has 2 N–H and O–H groups in total. The van der Waals surface area contributed by atoms with Gasteiger partial charge < -0.3 is 10.2 Å². The number of rotatable bonds is 5. The number of aromatic nitrogens is 1. The first-order valence-electron chi connectivity index (χ1n) is 8.16. The summed E-state index contributed by atoms with van der Waals surface area (Å²) in [6.45, 7) is 2.55. The largest absolute Gasteiger partial charge is 0.335 e. The second-order valence-corrected chi connectivity index (χ2v) is 8.08. The molecule has 1 aromatic heterocycles. The van der Waals surface area contributed by atoms with E-state index >= 15 is 0 Å². The van der Waals surface area contributed by atoms with Gasteiger partial charge in [0.25, 0.3) is 0 Å². The average molecular weight is 378 g/mol. The zero-order chi connectivity index (χ0) is 18.7. The Morgan fingerprint density at radius 2 is 1.85 bits per heavy atom. The molecule has 1 aliphatic heterocycles. The Morgan fingerprint density at radius 3 is 2.46 bits per heavy atom. The Labute approximate surface area is 151 Å². The van der Waals surface area contributed by atoms with Gasteiger partial charge in [-0.15, -0.1) is 0 Å². The Bertz CT molecular complexity index is 893. The number of benzene rings is 1. The topological polar surface area (TPSA) is 110 Å². The van der Waals surface area contributed by atoms with E-state index in [-0.39, 0.29) is 16.4 Å². The zero-order valence-electron chi connectivity index (χ0n) is 14.3. The third kappa shape index (κ3) is 3.82. The Morgan fingerprint density at radius 1 is 1.19 bits per heavy atom. The van der Waals surface area contributed by atoms with E-state index in [4.69, 9.17) is 0 Å². The lowest BCUT2D eigenvalue weighted by atomic mass is 10.3. The van der Waals surface area contributed by atoms with Crippen LogP contribution >= 0.6 is 0 Å². The minimum atomic E-state index is -3.53. The number of nitro groups is 1. The maximum absolute atomic E-state index is 12.7. The number of piperazine rings is 1. The second-order valence-electron chi connectivity index (χ2n) is 6.14. The SMILES string of the molecule is C[NH+]1CCN(S(=O)(=O)c2ccc(Nc3ncccc3[N+](=O)[O-])cc2)CC1. The van der Waals surface area contributed by atoms with E-state index in [9.17, 15) is 18.5 Å². The van der Waals surface area contributed by atoms with Crippen LogP contribution in [-0.4, -0.2) is 55.9 Å². The van der Waals surface area contributed by atoms with Crippen LogP contribution in [0.3, 0.4) is 0 Å². The molecule has 26 heavy (non-hydrogen) atoms. The second kappa shape index (κ2) is 7.36. The van der Waals surface area contributed by atoms with E-state index in [1.165, 1.54) is 39.7 Å². The first kappa shape index (κ1) is 18.2. The highest BCUT2D eigenvalue weighted by Gasteiger charge is 2.29. The molecule has 0 radical (unpaired) electrons. The van der Waals surface area contributed by atoms with Crippen LogP contribution in [0.5, 0.6) is 0 Å². The van der Waals surface area contributed by atoms with Crippen LogP contribution in [0.25, 0.3) is 0 Å². The van der Waals surface area contributed by atoms with E-state index in [0.717, 1.165) is 13.1 Å². The number of hydrogen-bond donors (Lipinski definition) is 2. The molecule has 0 atom stereocenters. The lowest BCUT2D eigenvalue weighted by Crippen LogP contribution is -3.12. The van der Waals surface area contributed by atoms with Gasteiger partial charge in [0.1, 0.15) is 0 Å². The molecule has 2 heterocycles. The molecule has 0 aliphatic carbocycles. The monoisotopic (exact) mass is 378 g/mol. The van der Waals surface area contributed by atoms with E-state index < -0.39 is 14.9 Å². The van der Waals surface area contributed by atoms with Crippen molar-refractivity contribution in [2.45, 2.75) is 4.90 Å². The normalized spacial score (nSPS) is 16.3. The first-order chi connectivity index (χ1) is 12.4. The molecule has 10 heteroatoms. The number of hydrogen-bond acceptors (Lipinski definition) is 6. The van der Waals surface area contributed by atoms with Gasteiger partial charge in [0.2, 0.25) is 15.8 Å². The molecule has 1 aromatic carbocycles. The van der Waals surface area contributed by atoms with E-state index in [0.29, 0.717) is 18.8 Å². The van der Waals surface area contributed by atoms with Crippen molar-refractivity contribution in [3.8, 4) is 0 Å². The van der Waals surface area contributed by atoms with Gasteiger partial charge in [-0.3, -0.25) is 10.1 Å². The van der Waals surface area contributed by atoms with Crippen LogP contribution < -0.4 is 10.2 Å². The van der Waals surface area contributed by atoms with Crippen LogP contribution in [0.1, 0.15) is 0 Å². The van der Waals surface area contributed by atoms with Crippen LogP contribution in [0.2, 0.25) is 0 Å². The van der Waals surface area contributed by atoms with Crippen molar-refractivity contribution in [3.63, 3.8) is 0 Å². The molecule has 9 nitrogen and oxygen atoms in total. The quantitative estimate of drug-likeness (QED) is 0.570. The van der Waals surface area contributed by atoms with Crippen molar-refractivity contribution in [2.24, 2.45) is 0 Å². The minimum absolute atomic E-state index is 0.107. The molecule has 1 saturated heterocycles. The number of pyridine rings is 1. The van der Waals surface area contributed by atoms with Crippen molar-refractivity contribution in [2.75, 3.05) is 38.5 Å². The summed E-state index contributed by atoms with van der Waals surface area (Å²) in [6, 6.07) is 8.98. The summed E-state index contributed by atoms with van der Waals surface area (Å²) < 4.78 is 26.9. The maximum Gasteiger partial charge on any atom is 0.311 e. The maximum atomic E-state index is 12.7. The molecule has 0 bridgehead atoms. The third-order valence-corrected chi connectivity index (χ3v) is 6.23. The Balaban J connectivity index is 1.78. The number of nitrogens with one attached hydrogen (secondary N) is 2. The van der Waals surface area contributed by atoms with Gasteiger partial charge in [0, 0.05) is 18.0 Å². The lowest BCUT2D eigenvalue weighted by Gasteiger charge is -2.29. The number of nitrogens with zero attached hydrogens (tertiary/aromatic N) is 3. The van der Waals surface area contributed by atoms with Crippen molar-refractivity contribution < 1.29 is 18.2 Å². The van der Waals surface area contributed by atoms with Crippen LogP contribution in [0, 0.1) is 10.1 Å². The van der Waals surface area contributed by atoms with Gasteiger partial charge in [0.15, 0.2) is 0 Å². The lowest BCUT2D eigenvalue weighted by molar-refractivity contribution is -0.883. The van der Waals surface area contributed by atoms with E-state index in [1.54, 1.807) is 12.1 Å². The van der Waals surface area contributed by atoms with E-state index in [1.807, 2.05) is 7.05 Å². The van der Waals surface area contributed by atoms with Crippen molar-refractivity contribution in [3.05, 3.63) is 52.7 Å². The smallest absolute Gasteiger partial charge is 0.311 e. The molecule has 0 saturated carbocycles. The zero-order valence-corrected chi connectivity index (χ0v) is 15.1. The van der Waals surface area contributed by atoms with Crippen molar-refractivity contribution in [1.82, 2.24) is 9.29 Å². The molecule has 3 rings (SSSR count). The fourth-order valence-electron chi connectivity index (χ4n) is 2.74. The number of sulfonamides is 1. The fraction of sp³-hybridized carbons (Fsp3) is 0.312. The van der Waals surface area contributed by atoms with Crippen LogP contribution in [0.15, 0.2) is 47.5 Å². The Hall–Kier alpha value is -2.56. The molecule has 0 unspecified atom stereocenters. The predicted octanol–water partition coefficient (Wildman–Crippen LogP) is 0.252. The standard InChI is InChI=1S/C16H19N5O4S/c1-19-9-11-20(12-10-19)26(24,25)14-6-4-13(5-7-14)18-16-15(21(22)23)3-2-8-17-16/h2-8H,9-12H2,1H3,(H,17,18)/p+1.